The van der Waals surface area contributed by atoms with Crippen LogP contribution >= 0.6 is 0 Å². The molecule has 2 heterocycles. The molecule has 0 bridgehead atoms. The second-order valence-corrected chi connectivity index (χ2v) is 7.74. The van der Waals surface area contributed by atoms with Crippen LogP contribution in [0.1, 0.15) is 41.9 Å². The molecular formula is C17H20N4O4S. The van der Waals surface area contributed by atoms with Crippen molar-refractivity contribution in [3.63, 3.8) is 0 Å². The normalized spacial score (nSPS) is 15.0. The van der Waals surface area contributed by atoms with E-state index in [1.807, 2.05) is 0 Å². The molecule has 0 atom stereocenters. The maximum atomic E-state index is 12.6. The van der Waals surface area contributed by atoms with E-state index in [2.05, 4.69) is 20.2 Å². The summed E-state index contributed by atoms with van der Waals surface area (Å²) in [6.07, 6.45) is 3.53. The molecular weight excluding hydrogens is 356 g/mol. The lowest BCUT2D eigenvalue weighted by Crippen LogP contribution is -2.30. The van der Waals surface area contributed by atoms with Crippen molar-refractivity contribution in [2.45, 2.75) is 37.5 Å². The Morgan fingerprint density at radius 1 is 1.19 bits per heavy atom. The number of rotatable bonds is 4. The average Bonchev–Trinajstić information content (AvgIpc) is 2.88. The van der Waals surface area contributed by atoms with Gasteiger partial charge in [-0.1, -0.05) is 17.6 Å². The fourth-order valence-electron chi connectivity index (χ4n) is 2.58. The van der Waals surface area contributed by atoms with Gasteiger partial charge < -0.3 is 9.84 Å². The number of aliphatic imine (C=N–C) groups is 1. The maximum Gasteiger partial charge on any atom is 0.294 e. The number of hydrogen-bond donors (Lipinski definition) is 2. The van der Waals surface area contributed by atoms with E-state index in [4.69, 9.17) is 4.52 Å². The van der Waals surface area contributed by atoms with Gasteiger partial charge in [-0.15, -0.1) is 0 Å². The van der Waals surface area contributed by atoms with E-state index in [0.29, 0.717) is 30.2 Å². The van der Waals surface area contributed by atoms with E-state index in [1.165, 1.54) is 18.2 Å². The number of nitrogens with one attached hydrogen (secondary N) is 2. The van der Waals surface area contributed by atoms with Gasteiger partial charge in [0.1, 0.15) is 5.84 Å². The standard InChI is InChI=1S/C17H20N4O4S/c1-12-10-15(25-20-12)17(22)19-13-6-5-7-14(11-13)26(23,24)21-16-8-3-2-4-9-18-16/h5-7,10-11H,2-4,8-9H2,1H3,(H,18,21)(H,19,22). The van der Waals surface area contributed by atoms with Crippen LogP contribution in [0.15, 0.2) is 44.7 Å². The summed E-state index contributed by atoms with van der Waals surface area (Å²) in [6.45, 7) is 2.33. The van der Waals surface area contributed by atoms with Crippen LogP contribution in [0, 0.1) is 6.92 Å². The zero-order valence-corrected chi connectivity index (χ0v) is 15.2. The summed E-state index contributed by atoms with van der Waals surface area (Å²) in [5.74, 6) is 0.0389. The Labute approximate surface area is 151 Å². The van der Waals surface area contributed by atoms with Crippen molar-refractivity contribution in [1.29, 1.82) is 0 Å². The molecule has 138 valence electrons. The lowest BCUT2D eigenvalue weighted by Gasteiger charge is -2.11. The van der Waals surface area contributed by atoms with E-state index in [-0.39, 0.29) is 10.7 Å². The summed E-state index contributed by atoms with van der Waals surface area (Å²) >= 11 is 0. The third-order valence-corrected chi connectivity index (χ3v) is 5.26. The average molecular weight is 376 g/mol. The maximum absolute atomic E-state index is 12.6. The molecule has 9 heteroatoms. The first kappa shape index (κ1) is 18.1. The molecule has 8 nitrogen and oxygen atoms in total. The van der Waals surface area contributed by atoms with Gasteiger partial charge >= 0.3 is 0 Å². The van der Waals surface area contributed by atoms with Crippen molar-refractivity contribution in [3.8, 4) is 0 Å². The Balaban J connectivity index is 1.75. The van der Waals surface area contributed by atoms with Crippen LogP contribution in [0.5, 0.6) is 0 Å². The minimum absolute atomic E-state index is 0.0518. The number of hydrogen-bond acceptors (Lipinski definition) is 6. The number of carbonyl (C=O) groups excluding carboxylic acids is 1. The number of amides is 1. The molecule has 0 saturated carbocycles. The summed E-state index contributed by atoms with van der Waals surface area (Å²) in [4.78, 5) is 16.5. The van der Waals surface area contributed by atoms with Gasteiger partial charge in [0.15, 0.2) is 0 Å². The summed E-state index contributed by atoms with van der Waals surface area (Å²) < 4.78 is 32.6. The largest absolute Gasteiger partial charge is 0.351 e. The lowest BCUT2D eigenvalue weighted by molar-refractivity contribution is 0.0988. The lowest BCUT2D eigenvalue weighted by atomic mass is 10.2. The molecule has 0 aliphatic carbocycles. The molecule has 2 aromatic rings. The first-order valence-electron chi connectivity index (χ1n) is 8.35. The Morgan fingerprint density at radius 3 is 2.81 bits per heavy atom. The Morgan fingerprint density at radius 2 is 2.04 bits per heavy atom. The number of aromatic nitrogens is 1. The molecule has 1 aromatic heterocycles. The molecule has 1 aromatic carbocycles. The second-order valence-electron chi connectivity index (χ2n) is 6.06. The summed E-state index contributed by atoms with van der Waals surface area (Å²) in [6, 6.07) is 7.52. The zero-order valence-electron chi connectivity index (χ0n) is 14.4. The highest BCUT2D eigenvalue weighted by Crippen LogP contribution is 2.17. The molecule has 1 aliphatic heterocycles. The van der Waals surface area contributed by atoms with Crippen molar-refractivity contribution >= 4 is 27.5 Å². The fourth-order valence-corrected chi connectivity index (χ4v) is 3.71. The molecule has 3 rings (SSSR count). The number of sulfonamides is 1. The second kappa shape index (κ2) is 7.69. The van der Waals surface area contributed by atoms with Gasteiger partial charge in [0, 0.05) is 24.7 Å². The highest BCUT2D eigenvalue weighted by molar-refractivity contribution is 7.90. The van der Waals surface area contributed by atoms with Crippen molar-refractivity contribution < 1.29 is 17.7 Å². The molecule has 2 N–H and O–H groups in total. The van der Waals surface area contributed by atoms with Gasteiger partial charge in [-0.05, 0) is 38.0 Å². The van der Waals surface area contributed by atoms with Crippen molar-refractivity contribution in [2.24, 2.45) is 4.99 Å². The highest BCUT2D eigenvalue weighted by Gasteiger charge is 2.18. The van der Waals surface area contributed by atoms with Crippen LogP contribution < -0.4 is 10.0 Å². The molecule has 0 saturated heterocycles. The van der Waals surface area contributed by atoms with Crippen molar-refractivity contribution in [2.75, 3.05) is 11.9 Å². The first-order chi connectivity index (χ1) is 12.4. The van der Waals surface area contributed by atoms with Crippen molar-refractivity contribution in [3.05, 3.63) is 41.8 Å². The topological polar surface area (TPSA) is 114 Å². The number of benzene rings is 1. The summed E-state index contributed by atoms with van der Waals surface area (Å²) in [5, 5.41) is 6.26. The molecule has 26 heavy (non-hydrogen) atoms. The number of nitrogens with zero attached hydrogens (tertiary/aromatic N) is 2. The number of amidine groups is 1. The predicted molar refractivity (Wildman–Crippen MR) is 96.7 cm³/mol. The van der Waals surface area contributed by atoms with Gasteiger partial charge in [0.25, 0.3) is 15.9 Å². The van der Waals surface area contributed by atoms with Gasteiger partial charge in [-0.2, -0.15) is 0 Å². The van der Waals surface area contributed by atoms with E-state index in [1.54, 1.807) is 19.1 Å². The van der Waals surface area contributed by atoms with Crippen LogP contribution in [0.2, 0.25) is 0 Å². The van der Waals surface area contributed by atoms with Crippen LogP contribution in [0.3, 0.4) is 0 Å². The molecule has 0 fully saturated rings. The minimum Gasteiger partial charge on any atom is -0.351 e. The Bertz CT molecular complexity index is 934. The highest BCUT2D eigenvalue weighted by atomic mass is 32.2. The van der Waals surface area contributed by atoms with Gasteiger partial charge in [-0.3, -0.25) is 14.5 Å². The quantitative estimate of drug-likeness (QED) is 0.851. The molecule has 1 amide bonds. The number of aryl methyl sites for hydroxylation is 1. The third-order valence-electron chi connectivity index (χ3n) is 3.88. The van der Waals surface area contributed by atoms with E-state index >= 15 is 0 Å². The van der Waals surface area contributed by atoms with Crippen LogP contribution in [-0.4, -0.2) is 31.9 Å². The molecule has 0 unspecified atom stereocenters. The first-order valence-corrected chi connectivity index (χ1v) is 9.83. The molecule has 1 aliphatic rings. The van der Waals surface area contributed by atoms with E-state index in [9.17, 15) is 13.2 Å². The van der Waals surface area contributed by atoms with Gasteiger partial charge in [-0.25, -0.2) is 8.42 Å². The van der Waals surface area contributed by atoms with Gasteiger partial charge in [0.2, 0.25) is 5.76 Å². The van der Waals surface area contributed by atoms with E-state index in [0.717, 1.165) is 19.3 Å². The molecule has 0 radical (unpaired) electrons. The third kappa shape index (κ3) is 4.48. The van der Waals surface area contributed by atoms with Crippen molar-refractivity contribution in [1.82, 2.24) is 9.88 Å². The fraction of sp³-hybridized carbons (Fsp3) is 0.353. The SMILES string of the molecule is Cc1cc(C(=O)Nc2cccc(S(=O)(=O)NC3=NCCCCC3)c2)on1. The zero-order chi connectivity index (χ0) is 18.6. The monoisotopic (exact) mass is 376 g/mol. The predicted octanol–water partition coefficient (Wildman–Crippen LogP) is 2.49. The Hall–Kier alpha value is -2.68. The minimum atomic E-state index is -3.76. The van der Waals surface area contributed by atoms with Crippen LogP contribution in [-0.2, 0) is 10.0 Å². The van der Waals surface area contributed by atoms with E-state index < -0.39 is 15.9 Å². The van der Waals surface area contributed by atoms with Gasteiger partial charge in [0.05, 0.1) is 10.6 Å². The number of anilines is 1. The Kier molecular flexibility index (Phi) is 5.36. The summed E-state index contributed by atoms with van der Waals surface area (Å²) in [7, 11) is -3.76. The number of carbonyl (C=O) groups is 1. The smallest absolute Gasteiger partial charge is 0.294 e. The summed E-state index contributed by atoms with van der Waals surface area (Å²) in [5.41, 5.74) is 0.926. The van der Waals surface area contributed by atoms with Crippen LogP contribution in [0.25, 0.3) is 0 Å². The molecule has 0 spiro atoms. The van der Waals surface area contributed by atoms with Crippen LogP contribution in [0.4, 0.5) is 5.69 Å².